The SMILES string of the molecule is CC(C)COCCNC(=O)c1cc(Cl)ncc1N. The topological polar surface area (TPSA) is 77.2 Å². The number of hydrogen-bond acceptors (Lipinski definition) is 4. The number of amides is 1. The van der Waals surface area contributed by atoms with Gasteiger partial charge in [-0.3, -0.25) is 4.79 Å². The van der Waals surface area contributed by atoms with Crippen LogP contribution in [0.25, 0.3) is 0 Å². The zero-order chi connectivity index (χ0) is 13.5. The smallest absolute Gasteiger partial charge is 0.253 e. The van der Waals surface area contributed by atoms with Crippen LogP contribution < -0.4 is 11.1 Å². The Morgan fingerprint density at radius 1 is 1.61 bits per heavy atom. The molecule has 1 heterocycles. The van der Waals surface area contributed by atoms with Crippen molar-refractivity contribution in [2.75, 3.05) is 25.5 Å². The van der Waals surface area contributed by atoms with Gasteiger partial charge in [0.15, 0.2) is 0 Å². The first-order chi connectivity index (χ1) is 8.50. The van der Waals surface area contributed by atoms with E-state index in [-0.39, 0.29) is 11.1 Å². The lowest BCUT2D eigenvalue weighted by molar-refractivity contribution is 0.0887. The molecule has 0 fully saturated rings. The molecule has 0 spiro atoms. The molecule has 1 aromatic rings. The number of carbonyl (C=O) groups is 1. The second-order valence-electron chi connectivity index (χ2n) is 4.32. The molecule has 3 N–H and O–H groups in total. The number of aromatic nitrogens is 1. The minimum Gasteiger partial charge on any atom is -0.397 e. The van der Waals surface area contributed by atoms with Gasteiger partial charge in [-0.25, -0.2) is 4.98 Å². The van der Waals surface area contributed by atoms with Crippen molar-refractivity contribution in [3.05, 3.63) is 23.0 Å². The summed E-state index contributed by atoms with van der Waals surface area (Å²) in [6, 6.07) is 1.45. The summed E-state index contributed by atoms with van der Waals surface area (Å²) in [6.07, 6.45) is 1.37. The van der Waals surface area contributed by atoms with Crippen molar-refractivity contribution in [3.63, 3.8) is 0 Å². The molecular weight excluding hydrogens is 254 g/mol. The number of rotatable bonds is 6. The van der Waals surface area contributed by atoms with E-state index in [1.165, 1.54) is 12.3 Å². The molecule has 0 aromatic carbocycles. The van der Waals surface area contributed by atoms with E-state index in [0.29, 0.717) is 36.9 Å². The molecular formula is C12H18ClN3O2. The zero-order valence-corrected chi connectivity index (χ0v) is 11.3. The third-order valence-electron chi connectivity index (χ3n) is 2.13. The molecule has 0 bridgehead atoms. The van der Waals surface area contributed by atoms with Gasteiger partial charge in [0.2, 0.25) is 0 Å². The fourth-order valence-electron chi connectivity index (χ4n) is 1.29. The van der Waals surface area contributed by atoms with Crippen molar-refractivity contribution < 1.29 is 9.53 Å². The molecule has 0 aliphatic carbocycles. The van der Waals surface area contributed by atoms with Gasteiger partial charge in [-0.15, -0.1) is 0 Å². The lowest BCUT2D eigenvalue weighted by Crippen LogP contribution is -2.28. The number of nitrogens with one attached hydrogen (secondary N) is 1. The summed E-state index contributed by atoms with van der Waals surface area (Å²) in [5.74, 6) is 0.209. The maximum Gasteiger partial charge on any atom is 0.253 e. The van der Waals surface area contributed by atoms with Crippen molar-refractivity contribution in [2.24, 2.45) is 5.92 Å². The highest BCUT2D eigenvalue weighted by atomic mass is 35.5. The zero-order valence-electron chi connectivity index (χ0n) is 10.6. The molecule has 1 rings (SSSR count). The quantitative estimate of drug-likeness (QED) is 0.610. The van der Waals surface area contributed by atoms with Crippen molar-refractivity contribution >= 4 is 23.2 Å². The molecule has 0 saturated heterocycles. The number of nitrogens with zero attached hydrogens (tertiary/aromatic N) is 1. The Labute approximate surface area is 112 Å². The van der Waals surface area contributed by atoms with Gasteiger partial charge in [-0.1, -0.05) is 25.4 Å². The summed E-state index contributed by atoms with van der Waals surface area (Å²) in [4.78, 5) is 15.6. The first-order valence-corrected chi connectivity index (χ1v) is 6.15. The van der Waals surface area contributed by atoms with Crippen LogP contribution in [0.2, 0.25) is 5.15 Å². The predicted octanol–water partition coefficient (Wildman–Crippen LogP) is 1.72. The highest BCUT2D eigenvalue weighted by Gasteiger charge is 2.10. The summed E-state index contributed by atoms with van der Waals surface area (Å²) >= 11 is 5.71. The number of anilines is 1. The van der Waals surface area contributed by atoms with Gasteiger partial charge in [-0.05, 0) is 12.0 Å². The molecule has 100 valence electrons. The summed E-state index contributed by atoms with van der Waals surface area (Å²) < 4.78 is 5.35. The number of hydrogen-bond donors (Lipinski definition) is 2. The molecule has 1 aromatic heterocycles. The van der Waals surface area contributed by atoms with Crippen LogP contribution in [0.15, 0.2) is 12.3 Å². The van der Waals surface area contributed by atoms with Crippen molar-refractivity contribution in [1.29, 1.82) is 0 Å². The molecule has 0 aliphatic rings. The third-order valence-corrected chi connectivity index (χ3v) is 2.34. The van der Waals surface area contributed by atoms with Crippen molar-refractivity contribution in [1.82, 2.24) is 10.3 Å². The predicted molar refractivity (Wildman–Crippen MR) is 71.6 cm³/mol. The Kier molecular flexibility index (Phi) is 5.88. The summed E-state index contributed by atoms with van der Waals surface area (Å²) in [7, 11) is 0. The first kappa shape index (κ1) is 14.7. The average Bonchev–Trinajstić information content (AvgIpc) is 2.31. The second kappa shape index (κ2) is 7.18. The highest BCUT2D eigenvalue weighted by Crippen LogP contribution is 2.14. The number of nitrogens with two attached hydrogens (primary N) is 1. The molecule has 0 unspecified atom stereocenters. The van der Waals surface area contributed by atoms with E-state index in [0.717, 1.165) is 0 Å². The van der Waals surface area contributed by atoms with E-state index >= 15 is 0 Å². The molecule has 6 heteroatoms. The fourth-order valence-corrected chi connectivity index (χ4v) is 1.45. The van der Waals surface area contributed by atoms with Crippen LogP contribution in [-0.2, 0) is 4.74 Å². The van der Waals surface area contributed by atoms with Gasteiger partial charge < -0.3 is 15.8 Å². The molecule has 5 nitrogen and oxygen atoms in total. The standard InChI is InChI=1S/C12H18ClN3O2/c1-8(2)7-18-4-3-15-12(17)9-5-11(13)16-6-10(9)14/h5-6,8H,3-4,7,14H2,1-2H3,(H,15,17). The maximum atomic E-state index is 11.8. The minimum absolute atomic E-state index is 0.241. The Bertz CT molecular complexity index is 410. The van der Waals surface area contributed by atoms with Crippen LogP contribution in [0.4, 0.5) is 5.69 Å². The Balaban J connectivity index is 2.39. The van der Waals surface area contributed by atoms with Gasteiger partial charge in [0.1, 0.15) is 5.15 Å². The van der Waals surface area contributed by atoms with E-state index in [1.54, 1.807) is 0 Å². The number of halogens is 1. The Morgan fingerprint density at radius 3 is 3.00 bits per heavy atom. The normalized spacial score (nSPS) is 10.7. The fraction of sp³-hybridized carbons (Fsp3) is 0.500. The van der Waals surface area contributed by atoms with Crippen LogP contribution in [0, 0.1) is 5.92 Å². The van der Waals surface area contributed by atoms with Crippen molar-refractivity contribution in [3.8, 4) is 0 Å². The van der Waals surface area contributed by atoms with Crippen LogP contribution in [0.3, 0.4) is 0 Å². The van der Waals surface area contributed by atoms with Crippen molar-refractivity contribution in [2.45, 2.75) is 13.8 Å². The third kappa shape index (κ3) is 4.89. The summed E-state index contributed by atoms with van der Waals surface area (Å²) in [5, 5.41) is 2.95. The molecule has 0 saturated carbocycles. The maximum absolute atomic E-state index is 11.8. The van der Waals surface area contributed by atoms with Crippen LogP contribution in [0.1, 0.15) is 24.2 Å². The lowest BCUT2D eigenvalue weighted by Gasteiger charge is -2.09. The van der Waals surface area contributed by atoms with Gasteiger partial charge in [0.25, 0.3) is 5.91 Å². The summed E-state index contributed by atoms with van der Waals surface area (Å²) in [6.45, 7) is 5.73. The van der Waals surface area contributed by atoms with Gasteiger partial charge in [-0.2, -0.15) is 0 Å². The minimum atomic E-state index is -0.273. The first-order valence-electron chi connectivity index (χ1n) is 5.77. The van der Waals surface area contributed by atoms with Crippen LogP contribution in [-0.4, -0.2) is 30.6 Å². The van der Waals surface area contributed by atoms with E-state index in [1.807, 2.05) is 0 Å². The number of pyridine rings is 1. The number of carbonyl (C=O) groups excluding carboxylic acids is 1. The van der Waals surface area contributed by atoms with E-state index in [9.17, 15) is 4.79 Å². The monoisotopic (exact) mass is 271 g/mol. The lowest BCUT2D eigenvalue weighted by atomic mass is 10.2. The largest absolute Gasteiger partial charge is 0.397 e. The Morgan fingerprint density at radius 2 is 2.33 bits per heavy atom. The molecule has 0 atom stereocenters. The Hall–Kier alpha value is -1.33. The molecule has 1 amide bonds. The van der Waals surface area contributed by atoms with E-state index in [2.05, 4.69) is 24.1 Å². The molecule has 0 radical (unpaired) electrons. The van der Waals surface area contributed by atoms with Crippen LogP contribution >= 0.6 is 11.6 Å². The van der Waals surface area contributed by atoms with Gasteiger partial charge in [0, 0.05) is 13.2 Å². The van der Waals surface area contributed by atoms with E-state index in [4.69, 9.17) is 22.1 Å². The molecule has 0 aliphatic heterocycles. The van der Waals surface area contributed by atoms with Gasteiger partial charge >= 0.3 is 0 Å². The average molecular weight is 272 g/mol. The second-order valence-corrected chi connectivity index (χ2v) is 4.71. The number of nitrogen functional groups attached to an aromatic ring is 1. The van der Waals surface area contributed by atoms with Crippen LogP contribution in [0.5, 0.6) is 0 Å². The number of ether oxygens (including phenoxy) is 1. The summed E-state index contributed by atoms with van der Waals surface area (Å²) in [5.41, 5.74) is 6.29. The molecule has 18 heavy (non-hydrogen) atoms. The highest BCUT2D eigenvalue weighted by molar-refractivity contribution is 6.29. The van der Waals surface area contributed by atoms with E-state index < -0.39 is 0 Å². The van der Waals surface area contributed by atoms with Gasteiger partial charge in [0.05, 0.1) is 24.1 Å².